The molecule has 1 aliphatic rings. The molecule has 0 aliphatic heterocycles. The molecule has 2 heterocycles. The minimum atomic E-state index is -0.525. The number of aryl methyl sites for hydroxylation is 1. The number of fused-ring (bicyclic) bond motifs is 3. The largest absolute Gasteiger partial charge is 0.329 e. The molecule has 3 aromatic rings. The number of aromatic nitrogens is 3. The molecule has 0 saturated heterocycles. The van der Waals surface area contributed by atoms with Crippen LogP contribution in [0.3, 0.4) is 0 Å². The van der Waals surface area contributed by atoms with Gasteiger partial charge in [-0.3, -0.25) is 19.1 Å². The summed E-state index contributed by atoms with van der Waals surface area (Å²) in [7, 11) is 0. The van der Waals surface area contributed by atoms with Gasteiger partial charge in [-0.05, 0) is 47.9 Å². The number of H-pyrrole nitrogens is 1. The van der Waals surface area contributed by atoms with Gasteiger partial charge < -0.3 is 0 Å². The van der Waals surface area contributed by atoms with Gasteiger partial charge in [0.2, 0.25) is 0 Å². The first-order valence-corrected chi connectivity index (χ1v) is 9.78. The number of aromatic amines is 1. The van der Waals surface area contributed by atoms with E-state index in [1.54, 1.807) is 12.1 Å². The Morgan fingerprint density at radius 1 is 1.17 bits per heavy atom. The van der Waals surface area contributed by atoms with Crippen LogP contribution >= 0.6 is 0 Å². The molecule has 0 amide bonds. The van der Waals surface area contributed by atoms with Crippen molar-refractivity contribution in [2.24, 2.45) is 5.92 Å². The molecule has 29 heavy (non-hydrogen) atoms. The standard InChI is InChI=1S/C22H22FN3O3/c1-12(2)7-8-26-20-19(21(28)25-22(26)29)16-9-14(10-18(27)17(16)11-24-20)13-3-5-15(23)6-4-13/h3-6,11-12,14H,7-10H2,1-2H3,(H,25,28,29). The molecule has 0 saturated carbocycles. The number of benzene rings is 1. The highest BCUT2D eigenvalue weighted by Crippen LogP contribution is 2.34. The highest BCUT2D eigenvalue weighted by molar-refractivity contribution is 6.02. The van der Waals surface area contributed by atoms with Gasteiger partial charge in [0.05, 0.1) is 5.39 Å². The predicted molar refractivity (Wildman–Crippen MR) is 108 cm³/mol. The van der Waals surface area contributed by atoms with Crippen molar-refractivity contribution in [2.45, 2.75) is 45.6 Å². The van der Waals surface area contributed by atoms with Crippen molar-refractivity contribution in [1.29, 1.82) is 0 Å². The summed E-state index contributed by atoms with van der Waals surface area (Å²) in [5.41, 5.74) is 1.18. The van der Waals surface area contributed by atoms with E-state index in [1.807, 2.05) is 0 Å². The second-order valence-electron chi connectivity index (χ2n) is 8.02. The Balaban J connectivity index is 1.87. The third kappa shape index (κ3) is 3.52. The van der Waals surface area contributed by atoms with Crippen LogP contribution in [-0.4, -0.2) is 20.3 Å². The average Bonchev–Trinajstić information content (AvgIpc) is 2.67. The van der Waals surface area contributed by atoms with E-state index in [0.29, 0.717) is 41.0 Å². The van der Waals surface area contributed by atoms with E-state index in [4.69, 9.17) is 0 Å². The summed E-state index contributed by atoms with van der Waals surface area (Å²) in [6.07, 6.45) is 2.97. The fourth-order valence-electron chi connectivity index (χ4n) is 3.97. The maximum Gasteiger partial charge on any atom is 0.329 e. The van der Waals surface area contributed by atoms with Crippen LogP contribution in [0.4, 0.5) is 4.39 Å². The lowest BCUT2D eigenvalue weighted by Crippen LogP contribution is -2.33. The second kappa shape index (κ2) is 7.39. The van der Waals surface area contributed by atoms with Crippen LogP contribution in [0, 0.1) is 11.7 Å². The van der Waals surface area contributed by atoms with Crippen molar-refractivity contribution in [2.75, 3.05) is 0 Å². The summed E-state index contributed by atoms with van der Waals surface area (Å²) in [5.74, 6) is -0.214. The summed E-state index contributed by atoms with van der Waals surface area (Å²) in [5, 5.41) is 0.297. The number of rotatable bonds is 4. The molecular weight excluding hydrogens is 373 g/mol. The van der Waals surface area contributed by atoms with E-state index in [1.165, 1.54) is 22.9 Å². The van der Waals surface area contributed by atoms with Gasteiger partial charge >= 0.3 is 5.69 Å². The third-order valence-corrected chi connectivity index (χ3v) is 5.57. The zero-order valence-corrected chi connectivity index (χ0v) is 16.4. The summed E-state index contributed by atoms with van der Waals surface area (Å²) in [6, 6.07) is 6.08. The van der Waals surface area contributed by atoms with Crippen molar-refractivity contribution in [1.82, 2.24) is 14.5 Å². The van der Waals surface area contributed by atoms with E-state index < -0.39 is 11.2 Å². The fraction of sp³-hybridized carbons (Fsp3) is 0.364. The number of hydrogen-bond acceptors (Lipinski definition) is 4. The number of carbonyl (C=O) groups is 1. The van der Waals surface area contributed by atoms with Crippen molar-refractivity contribution in [3.8, 4) is 0 Å². The van der Waals surface area contributed by atoms with Crippen molar-refractivity contribution < 1.29 is 9.18 Å². The predicted octanol–water partition coefficient (Wildman–Crippen LogP) is 3.18. The molecule has 6 nitrogen and oxygen atoms in total. The smallest absolute Gasteiger partial charge is 0.294 e. The van der Waals surface area contributed by atoms with Gasteiger partial charge in [-0.1, -0.05) is 26.0 Å². The molecule has 2 aromatic heterocycles. The monoisotopic (exact) mass is 395 g/mol. The summed E-state index contributed by atoms with van der Waals surface area (Å²) in [6.45, 7) is 4.55. The van der Waals surface area contributed by atoms with Crippen LogP contribution in [-0.2, 0) is 13.0 Å². The Morgan fingerprint density at radius 3 is 2.59 bits per heavy atom. The molecule has 7 heteroatoms. The van der Waals surface area contributed by atoms with E-state index in [0.717, 1.165) is 12.0 Å². The molecule has 1 unspecified atom stereocenters. The maximum absolute atomic E-state index is 13.3. The Hall–Kier alpha value is -3.09. The molecule has 1 atom stereocenters. The minimum Gasteiger partial charge on any atom is -0.294 e. The Kier molecular flexibility index (Phi) is 4.90. The molecule has 0 radical (unpaired) electrons. The van der Waals surface area contributed by atoms with Gasteiger partial charge in [0, 0.05) is 24.7 Å². The van der Waals surface area contributed by atoms with Crippen LogP contribution in [0.15, 0.2) is 40.1 Å². The highest BCUT2D eigenvalue weighted by atomic mass is 19.1. The molecule has 0 bridgehead atoms. The SMILES string of the molecule is CC(C)CCn1c(=O)[nH]c(=O)c2c3c(cnc21)C(=O)CC(c1ccc(F)cc1)C3. The quantitative estimate of drug-likeness (QED) is 0.735. The number of pyridine rings is 1. The van der Waals surface area contributed by atoms with Gasteiger partial charge in [-0.25, -0.2) is 14.2 Å². The highest BCUT2D eigenvalue weighted by Gasteiger charge is 2.30. The van der Waals surface area contributed by atoms with Gasteiger partial charge in [0.25, 0.3) is 5.56 Å². The number of ketones is 1. The van der Waals surface area contributed by atoms with E-state index in [-0.39, 0.29) is 23.9 Å². The first-order valence-electron chi connectivity index (χ1n) is 9.78. The maximum atomic E-state index is 13.3. The number of nitrogens with zero attached hydrogens (tertiary/aromatic N) is 2. The topological polar surface area (TPSA) is 84.8 Å². The first kappa shape index (κ1) is 19.2. The summed E-state index contributed by atoms with van der Waals surface area (Å²) in [4.78, 5) is 44.5. The van der Waals surface area contributed by atoms with Crippen LogP contribution in [0.1, 0.15) is 54.1 Å². The lowest BCUT2D eigenvalue weighted by Gasteiger charge is -2.25. The van der Waals surface area contributed by atoms with Gasteiger partial charge in [0.15, 0.2) is 5.78 Å². The van der Waals surface area contributed by atoms with Crippen molar-refractivity contribution in [3.63, 3.8) is 0 Å². The average molecular weight is 395 g/mol. The Morgan fingerprint density at radius 2 is 1.90 bits per heavy atom. The number of Topliss-reactive ketones (excluding diaryl/α,β-unsaturated/α-hetero) is 1. The fourth-order valence-corrected chi connectivity index (χ4v) is 3.97. The van der Waals surface area contributed by atoms with E-state index in [2.05, 4.69) is 23.8 Å². The molecule has 1 N–H and O–H groups in total. The summed E-state index contributed by atoms with van der Waals surface area (Å²) >= 11 is 0. The Bertz CT molecular complexity index is 1210. The minimum absolute atomic E-state index is 0.102. The summed E-state index contributed by atoms with van der Waals surface area (Å²) < 4.78 is 14.8. The number of halogens is 1. The molecule has 1 aliphatic carbocycles. The first-order chi connectivity index (χ1) is 13.8. The van der Waals surface area contributed by atoms with Gasteiger partial charge in [-0.15, -0.1) is 0 Å². The second-order valence-corrected chi connectivity index (χ2v) is 8.02. The molecule has 0 fully saturated rings. The zero-order valence-electron chi connectivity index (χ0n) is 16.4. The van der Waals surface area contributed by atoms with E-state index >= 15 is 0 Å². The van der Waals surface area contributed by atoms with Crippen molar-refractivity contribution >= 4 is 16.8 Å². The van der Waals surface area contributed by atoms with Gasteiger partial charge in [0.1, 0.15) is 11.5 Å². The van der Waals surface area contributed by atoms with Crippen LogP contribution in [0.25, 0.3) is 11.0 Å². The molecule has 1 aromatic carbocycles. The zero-order chi connectivity index (χ0) is 20.7. The number of carbonyl (C=O) groups excluding carboxylic acids is 1. The lowest BCUT2D eigenvalue weighted by molar-refractivity contribution is 0.0964. The molecule has 150 valence electrons. The third-order valence-electron chi connectivity index (χ3n) is 5.57. The van der Waals surface area contributed by atoms with Gasteiger partial charge in [-0.2, -0.15) is 0 Å². The molecular formula is C22H22FN3O3. The van der Waals surface area contributed by atoms with Crippen LogP contribution in [0.2, 0.25) is 0 Å². The van der Waals surface area contributed by atoms with E-state index in [9.17, 15) is 18.8 Å². The molecule has 4 rings (SSSR count). The number of nitrogens with one attached hydrogen (secondary N) is 1. The number of hydrogen-bond donors (Lipinski definition) is 1. The Labute approximate surface area is 166 Å². The normalized spacial score (nSPS) is 16.4. The molecule has 0 spiro atoms. The lowest BCUT2D eigenvalue weighted by atomic mass is 9.79. The van der Waals surface area contributed by atoms with Crippen molar-refractivity contribution in [3.05, 3.63) is 73.8 Å². The van der Waals surface area contributed by atoms with Crippen LogP contribution in [0.5, 0.6) is 0 Å². The van der Waals surface area contributed by atoms with Crippen LogP contribution < -0.4 is 11.2 Å².